The van der Waals surface area contributed by atoms with Crippen molar-refractivity contribution >= 4 is 23.2 Å². The smallest absolute Gasteiger partial charge is 0.332 e. The van der Waals surface area contributed by atoms with E-state index in [9.17, 15) is 9.59 Å². The van der Waals surface area contributed by atoms with Crippen molar-refractivity contribution in [1.29, 1.82) is 0 Å². The summed E-state index contributed by atoms with van der Waals surface area (Å²) < 4.78 is 4.66. The monoisotopic (exact) mass is 256 g/mol. The number of ether oxygens (including phenoxy) is 1. The Morgan fingerprint density at radius 3 is 2.76 bits per heavy atom. The van der Waals surface area contributed by atoms with Crippen LogP contribution in [0.4, 0.5) is 0 Å². The number of thiophene rings is 1. The molecule has 0 saturated heterocycles. The van der Waals surface area contributed by atoms with Crippen molar-refractivity contribution in [3.8, 4) is 0 Å². The van der Waals surface area contributed by atoms with Crippen LogP contribution >= 0.6 is 11.3 Å². The SMILES string of the molecule is CCOC(=O)C(N)C(=O)NCc1ccc(C)s1. The molecular formula is C11H16N2O3S. The summed E-state index contributed by atoms with van der Waals surface area (Å²) in [6.07, 6.45) is 0. The molecule has 1 aromatic heterocycles. The first kappa shape index (κ1) is 13.7. The van der Waals surface area contributed by atoms with Gasteiger partial charge in [-0.15, -0.1) is 11.3 Å². The maximum absolute atomic E-state index is 11.5. The largest absolute Gasteiger partial charge is 0.464 e. The molecule has 5 nitrogen and oxygen atoms in total. The lowest BCUT2D eigenvalue weighted by atomic mass is 10.3. The molecule has 0 fully saturated rings. The molecule has 94 valence electrons. The molecule has 0 aliphatic rings. The summed E-state index contributed by atoms with van der Waals surface area (Å²) in [6.45, 7) is 4.24. The number of amides is 1. The summed E-state index contributed by atoms with van der Waals surface area (Å²) in [5, 5.41) is 2.60. The van der Waals surface area contributed by atoms with Crippen LogP contribution in [0.3, 0.4) is 0 Å². The van der Waals surface area contributed by atoms with Gasteiger partial charge in [0, 0.05) is 9.75 Å². The molecule has 0 bridgehead atoms. The second-order valence-electron chi connectivity index (χ2n) is 3.46. The first-order valence-corrected chi connectivity index (χ1v) is 6.11. The van der Waals surface area contributed by atoms with Gasteiger partial charge in [0.2, 0.25) is 5.91 Å². The van der Waals surface area contributed by atoms with Gasteiger partial charge in [-0.05, 0) is 26.0 Å². The highest BCUT2D eigenvalue weighted by atomic mass is 32.1. The zero-order chi connectivity index (χ0) is 12.8. The lowest BCUT2D eigenvalue weighted by Crippen LogP contribution is -2.46. The summed E-state index contributed by atoms with van der Waals surface area (Å²) >= 11 is 1.59. The Morgan fingerprint density at radius 1 is 1.53 bits per heavy atom. The third-order valence-corrected chi connectivity index (χ3v) is 3.06. The summed E-state index contributed by atoms with van der Waals surface area (Å²) in [7, 11) is 0. The van der Waals surface area contributed by atoms with Gasteiger partial charge in [-0.25, -0.2) is 4.79 Å². The van der Waals surface area contributed by atoms with E-state index in [-0.39, 0.29) is 6.61 Å². The number of nitrogens with one attached hydrogen (secondary N) is 1. The van der Waals surface area contributed by atoms with E-state index < -0.39 is 17.9 Å². The molecule has 0 spiro atoms. The fourth-order valence-corrected chi connectivity index (χ4v) is 2.03. The molecule has 3 N–H and O–H groups in total. The fourth-order valence-electron chi connectivity index (χ4n) is 1.20. The maximum atomic E-state index is 11.5. The van der Waals surface area contributed by atoms with Crippen molar-refractivity contribution in [3.63, 3.8) is 0 Å². The third-order valence-electron chi connectivity index (χ3n) is 2.06. The summed E-state index contributed by atoms with van der Waals surface area (Å²) in [5.41, 5.74) is 5.43. The van der Waals surface area contributed by atoms with Gasteiger partial charge < -0.3 is 15.8 Å². The molecule has 0 aliphatic carbocycles. The van der Waals surface area contributed by atoms with E-state index >= 15 is 0 Å². The highest BCUT2D eigenvalue weighted by Gasteiger charge is 2.22. The Bertz CT molecular complexity index is 403. The molecule has 0 radical (unpaired) electrons. The normalized spacial score (nSPS) is 11.9. The van der Waals surface area contributed by atoms with Crippen LogP contribution in [0, 0.1) is 6.92 Å². The van der Waals surface area contributed by atoms with Crippen LogP contribution < -0.4 is 11.1 Å². The van der Waals surface area contributed by atoms with Crippen molar-refractivity contribution in [1.82, 2.24) is 5.32 Å². The standard InChI is InChI=1S/C11H16N2O3S/c1-3-16-11(15)9(12)10(14)13-6-8-5-4-7(2)17-8/h4-5,9H,3,6,12H2,1-2H3,(H,13,14). The minimum atomic E-state index is -1.25. The summed E-state index contributed by atoms with van der Waals surface area (Å²) in [6, 6.07) is 2.64. The Hall–Kier alpha value is -1.40. The van der Waals surface area contributed by atoms with Crippen LogP contribution in [0.1, 0.15) is 16.7 Å². The van der Waals surface area contributed by atoms with Gasteiger partial charge in [-0.3, -0.25) is 4.79 Å². The van der Waals surface area contributed by atoms with E-state index in [1.165, 1.54) is 4.88 Å². The Balaban J connectivity index is 2.41. The van der Waals surface area contributed by atoms with Crippen molar-refractivity contribution in [3.05, 3.63) is 21.9 Å². The third kappa shape index (κ3) is 4.16. The van der Waals surface area contributed by atoms with Crippen LogP contribution in [-0.4, -0.2) is 24.5 Å². The average Bonchev–Trinajstić information content (AvgIpc) is 2.71. The van der Waals surface area contributed by atoms with E-state index in [2.05, 4.69) is 10.1 Å². The van der Waals surface area contributed by atoms with Gasteiger partial charge in [0.05, 0.1) is 13.2 Å². The van der Waals surface area contributed by atoms with Crippen molar-refractivity contribution in [2.45, 2.75) is 26.4 Å². The molecule has 1 rings (SSSR count). The number of aryl methyl sites for hydroxylation is 1. The van der Waals surface area contributed by atoms with Gasteiger partial charge in [-0.1, -0.05) is 0 Å². The highest BCUT2D eigenvalue weighted by Crippen LogP contribution is 2.14. The van der Waals surface area contributed by atoms with Gasteiger partial charge in [0.15, 0.2) is 6.04 Å². The molecular weight excluding hydrogens is 240 g/mol. The molecule has 1 heterocycles. The zero-order valence-electron chi connectivity index (χ0n) is 9.86. The average molecular weight is 256 g/mol. The lowest BCUT2D eigenvalue weighted by molar-refractivity contribution is -0.148. The van der Waals surface area contributed by atoms with Crippen molar-refractivity contribution < 1.29 is 14.3 Å². The number of rotatable bonds is 5. The molecule has 1 amide bonds. The Morgan fingerprint density at radius 2 is 2.24 bits per heavy atom. The van der Waals surface area contributed by atoms with E-state index in [0.717, 1.165) is 4.88 Å². The zero-order valence-corrected chi connectivity index (χ0v) is 10.7. The van der Waals surface area contributed by atoms with Crippen LogP contribution in [0.2, 0.25) is 0 Å². The quantitative estimate of drug-likeness (QED) is 0.596. The first-order chi connectivity index (χ1) is 8.04. The number of carbonyl (C=O) groups is 2. The predicted octanol–water partition coefficient (Wildman–Crippen LogP) is 0.563. The molecule has 6 heteroatoms. The number of nitrogens with two attached hydrogens (primary N) is 1. The van der Waals surface area contributed by atoms with Crippen LogP contribution in [0.5, 0.6) is 0 Å². The van der Waals surface area contributed by atoms with Crippen molar-refractivity contribution in [2.75, 3.05) is 6.61 Å². The van der Waals surface area contributed by atoms with E-state index in [1.54, 1.807) is 18.3 Å². The minimum Gasteiger partial charge on any atom is -0.464 e. The second-order valence-corrected chi connectivity index (χ2v) is 4.83. The predicted molar refractivity (Wildman–Crippen MR) is 65.5 cm³/mol. The number of carbonyl (C=O) groups excluding carboxylic acids is 2. The van der Waals surface area contributed by atoms with Crippen LogP contribution in [0.25, 0.3) is 0 Å². The fraction of sp³-hybridized carbons (Fsp3) is 0.455. The number of esters is 1. The Labute approximate surface area is 104 Å². The van der Waals surface area contributed by atoms with Crippen molar-refractivity contribution in [2.24, 2.45) is 5.73 Å². The highest BCUT2D eigenvalue weighted by molar-refractivity contribution is 7.11. The van der Waals surface area contributed by atoms with Crippen LogP contribution in [-0.2, 0) is 20.9 Å². The van der Waals surface area contributed by atoms with Gasteiger partial charge in [-0.2, -0.15) is 0 Å². The second kappa shape index (κ2) is 6.36. The number of hydrogen-bond acceptors (Lipinski definition) is 5. The summed E-state index contributed by atoms with van der Waals surface area (Å²) in [5.74, 6) is -1.22. The van der Waals surface area contributed by atoms with Crippen LogP contribution in [0.15, 0.2) is 12.1 Å². The molecule has 0 aromatic carbocycles. The lowest BCUT2D eigenvalue weighted by Gasteiger charge is -2.10. The topological polar surface area (TPSA) is 81.4 Å². The molecule has 1 aromatic rings. The molecule has 17 heavy (non-hydrogen) atoms. The Kier molecular flexibility index (Phi) is 5.11. The summed E-state index contributed by atoms with van der Waals surface area (Å²) in [4.78, 5) is 24.9. The molecule has 0 aliphatic heterocycles. The minimum absolute atomic E-state index is 0.212. The first-order valence-electron chi connectivity index (χ1n) is 5.29. The molecule has 1 atom stereocenters. The number of hydrogen-bond donors (Lipinski definition) is 2. The van der Waals surface area contributed by atoms with Gasteiger partial charge in [0.25, 0.3) is 0 Å². The van der Waals surface area contributed by atoms with E-state index in [0.29, 0.717) is 6.54 Å². The van der Waals surface area contributed by atoms with Gasteiger partial charge in [0.1, 0.15) is 0 Å². The van der Waals surface area contributed by atoms with Gasteiger partial charge >= 0.3 is 5.97 Å². The van der Waals surface area contributed by atoms with E-state index in [1.807, 2.05) is 19.1 Å². The van der Waals surface area contributed by atoms with E-state index in [4.69, 9.17) is 5.73 Å². The molecule has 1 unspecified atom stereocenters. The maximum Gasteiger partial charge on any atom is 0.332 e. The molecule has 0 saturated carbocycles.